The molecule has 110 valence electrons. The van der Waals surface area contributed by atoms with Gasteiger partial charge in [-0.1, -0.05) is 12.1 Å². The van der Waals surface area contributed by atoms with Crippen LogP contribution in [0.25, 0.3) is 0 Å². The Morgan fingerprint density at radius 2 is 2.05 bits per heavy atom. The maximum Gasteiger partial charge on any atom is 0.337 e. The number of esters is 1. The first kappa shape index (κ1) is 15.0. The molecule has 1 heterocycles. The maximum atomic E-state index is 11.4. The van der Waals surface area contributed by atoms with Crippen LogP contribution in [0.3, 0.4) is 0 Å². The van der Waals surface area contributed by atoms with Gasteiger partial charge in [0.1, 0.15) is 0 Å². The molecule has 0 radical (unpaired) electrons. The fourth-order valence-corrected chi connectivity index (χ4v) is 2.77. The average Bonchev–Trinajstić information content (AvgIpc) is 2.49. The van der Waals surface area contributed by atoms with Crippen molar-refractivity contribution in [2.24, 2.45) is 11.7 Å². The van der Waals surface area contributed by atoms with Crippen molar-refractivity contribution >= 4 is 5.97 Å². The molecule has 0 spiro atoms. The number of methoxy groups -OCH3 is 1. The molecule has 2 atom stereocenters. The van der Waals surface area contributed by atoms with Crippen LogP contribution in [0.2, 0.25) is 0 Å². The van der Waals surface area contributed by atoms with Crippen molar-refractivity contribution in [3.8, 4) is 0 Å². The third-order valence-electron chi connectivity index (χ3n) is 4.20. The lowest BCUT2D eigenvalue weighted by Gasteiger charge is -2.37. The van der Waals surface area contributed by atoms with Crippen molar-refractivity contribution in [3.63, 3.8) is 0 Å². The van der Waals surface area contributed by atoms with Gasteiger partial charge in [0, 0.05) is 19.1 Å². The molecule has 4 heteroatoms. The Bertz CT molecular complexity index is 444. The molecule has 0 saturated carbocycles. The Labute approximate surface area is 120 Å². The van der Waals surface area contributed by atoms with E-state index in [2.05, 4.69) is 11.8 Å². The molecule has 0 bridgehead atoms. The summed E-state index contributed by atoms with van der Waals surface area (Å²) < 4.78 is 4.71. The molecule has 0 aromatic heterocycles. The number of nitrogens with zero attached hydrogens (tertiary/aromatic N) is 1. The molecular weight excluding hydrogens is 252 g/mol. The molecule has 1 aliphatic rings. The number of carbonyl (C=O) groups excluding carboxylic acids is 1. The number of benzene rings is 1. The molecule has 20 heavy (non-hydrogen) atoms. The number of likely N-dealkylation sites (tertiary alicyclic amines) is 1. The summed E-state index contributed by atoms with van der Waals surface area (Å²) in [4.78, 5) is 13.9. The second-order valence-electron chi connectivity index (χ2n) is 5.65. The largest absolute Gasteiger partial charge is 0.465 e. The van der Waals surface area contributed by atoms with Crippen LogP contribution in [0.15, 0.2) is 24.3 Å². The first-order valence-corrected chi connectivity index (χ1v) is 7.25. The van der Waals surface area contributed by atoms with Crippen LogP contribution in [-0.2, 0) is 11.3 Å². The quantitative estimate of drug-likeness (QED) is 0.855. The minimum Gasteiger partial charge on any atom is -0.465 e. The molecule has 4 nitrogen and oxygen atoms in total. The van der Waals surface area contributed by atoms with Crippen molar-refractivity contribution in [3.05, 3.63) is 35.4 Å². The summed E-state index contributed by atoms with van der Waals surface area (Å²) in [6.45, 7) is 5.02. The third kappa shape index (κ3) is 3.58. The van der Waals surface area contributed by atoms with E-state index >= 15 is 0 Å². The highest BCUT2D eigenvalue weighted by molar-refractivity contribution is 5.89. The normalized spacial score (nSPS) is 23.6. The molecule has 0 aliphatic carbocycles. The van der Waals surface area contributed by atoms with Gasteiger partial charge in [0.05, 0.1) is 12.7 Å². The zero-order valence-electron chi connectivity index (χ0n) is 12.3. The topological polar surface area (TPSA) is 55.6 Å². The molecule has 0 amide bonds. The van der Waals surface area contributed by atoms with Gasteiger partial charge in [-0.2, -0.15) is 0 Å². The predicted octanol–water partition coefficient (Wildman–Crippen LogP) is 2.03. The molecule has 2 rings (SSSR count). The summed E-state index contributed by atoms with van der Waals surface area (Å²) >= 11 is 0. The lowest BCUT2D eigenvalue weighted by molar-refractivity contribution is 0.0600. The second-order valence-corrected chi connectivity index (χ2v) is 5.65. The van der Waals surface area contributed by atoms with Gasteiger partial charge in [0.25, 0.3) is 0 Å². The molecule has 2 unspecified atom stereocenters. The number of nitrogens with two attached hydrogens (primary N) is 1. The van der Waals surface area contributed by atoms with E-state index in [9.17, 15) is 4.79 Å². The van der Waals surface area contributed by atoms with E-state index in [0.717, 1.165) is 19.6 Å². The van der Waals surface area contributed by atoms with E-state index in [0.29, 0.717) is 17.5 Å². The Balaban J connectivity index is 2.00. The highest BCUT2D eigenvalue weighted by atomic mass is 16.5. The van der Waals surface area contributed by atoms with E-state index in [1.807, 2.05) is 24.3 Å². The number of ether oxygens (including phenoxy) is 1. The van der Waals surface area contributed by atoms with E-state index in [-0.39, 0.29) is 5.97 Å². The number of carbonyl (C=O) groups is 1. The number of rotatable bonds is 4. The van der Waals surface area contributed by atoms with Crippen LogP contribution < -0.4 is 5.73 Å². The molecule has 1 aromatic rings. The lowest BCUT2D eigenvalue weighted by Crippen LogP contribution is -2.43. The van der Waals surface area contributed by atoms with Gasteiger partial charge in [-0.25, -0.2) is 4.79 Å². The van der Waals surface area contributed by atoms with Crippen LogP contribution in [-0.4, -0.2) is 37.1 Å². The summed E-state index contributed by atoms with van der Waals surface area (Å²) in [5.41, 5.74) is 7.62. The maximum absolute atomic E-state index is 11.4. The van der Waals surface area contributed by atoms with Gasteiger partial charge in [-0.05, 0) is 49.9 Å². The van der Waals surface area contributed by atoms with E-state index in [1.54, 1.807) is 0 Å². The first-order valence-electron chi connectivity index (χ1n) is 7.25. The van der Waals surface area contributed by atoms with Gasteiger partial charge in [0.15, 0.2) is 0 Å². The van der Waals surface area contributed by atoms with Crippen LogP contribution >= 0.6 is 0 Å². The Morgan fingerprint density at radius 3 is 2.65 bits per heavy atom. The molecule has 1 fully saturated rings. The predicted molar refractivity (Wildman–Crippen MR) is 79.4 cm³/mol. The highest BCUT2D eigenvalue weighted by Gasteiger charge is 2.24. The highest BCUT2D eigenvalue weighted by Crippen LogP contribution is 2.23. The number of piperidine rings is 1. The van der Waals surface area contributed by atoms with Crippen molar-refractivity contribution in [1.29, 1.82) is 0 Å². The van der Waals surface area contributed by atoms with Crippen molar-refractivity contribution < 1.29 is 9.53 Å². The first-order chi connectivity index (χ1) is 9.63. The Kier molecular flexibility index (Phi) is 5.15. The third-order valence-corrected chi connectivity index (χ3v) is 4.20. The fourth-order valence-electron chi connectivity index (χ4n) is 2.77. The minimum absolute atomic E-state index is 0.286. The number of hydrogen-bond acceptors (Lipinski definition) is 4. The fraction of sp³-hybridized carbons (Fsp3) is 0.562. The Morgan fingerprint density at radius 1 is 1.35 bits per heavy atom. The molecule has 2 N–H and O–H groups in total. The van der Waals surface area contributed by atoms with Crippen LogP contribution in [0.4, 0.5) is 0 Å². The standard InChI is InChI=1S/C16H24N2O2/c1-12-3-4-14(9-17)11-18(12)10-13-5-7-15(8-6-13)16(19)20-2/h5-8,12,14H,3-4,9-11,17H2,1-2H3. The van der Waals surface area contributed by atoms with Crippen molar-refractivity contribution in [2.75, 3.05) is 20.2 Å². The van der Waals surface area contributed by atoms with Crippen molar-refractivity contribution in [2.45, 2.75) is 32.4 Å². The van der Waals surface area contributed by atoms with Gasteiger partial charge in [-0.3, -0.25) is 4.90 Å². The van der Waals surface area contributed by atoms with Gasteiger partial charge >= 0.3 is 5.97 Å². The molecular formula is C16H24N2O2. The second kappa shape index (κ2) is 6.86. The SMILES string of the molecule is COC(=O)c1ccc(CN2CC(CN)CCC2C)cc1. The van der Waals surface area contributed by atoms with Gasteiger partial charge < -0.3 is 10.5 Å². The van der Waals surface area contributed by atoms with Gasteiger partial charge in [0.2, 0.25) is 0 Å². The van der Waals surface area contributed by atoms with E-state index < -0.39 is 0 Å². The van der Waals surface area contributed by atoms with Gasteiger partial charge in [-0.15, -0.1) is 0 Å². The smallest absolute Gasteiger partial charge is 0.337 e. The molecule has 1 aromatic carbocycles. The summed E-state index contributed by atoms with van der Waals surface area (Å²) in [5, 5.41) is 0. The monoisotopic (exact) mass is 276 g/mol. The number of hydrogen-bond donors (Lipinski definition) is 1. The molecule has 1 saturated heterocycles. The van der Waals surface area contributed by atoms with Crippen LogP contribution in [0.1, 0.15) is 35.7 Å². The molecule has 1 aliphatic heterocycles. The summed E-state index contributed by atoms with van der Waals surface area (Å²) in [6, 6.07) is 8.26. The van der Waals surface area contributed by atoms with E-state index in [1.165, 1.54) is 25.5 Å². The minimum atomic E-state index is -0.286. The summed E-state index contributed by atoms with van der Waals surface area (Å²) in [5.74, 6) is 0.326. The zero-order chi connectivity index (χ0) is 14.5. The average molecular weight is 276 g/mol. The van der Waals surface area contributed by atoms with E-state index in [4.69, 9.17) is 10.5 Å². The van der Waals surface area contributed by atoms with Crippen LogP contribution in [0, 0.1) is 5.92 Å². The van der Waals surface area contributed by atoms with Crippen LogP contribution in [0.5, 0.6) is 0 Å². The zero-order valence-corrected chi connectivity index (χ0v) is 12.3. The Hall–Kier alpha value is -1.39. The summed E-state index contributed by atoms with van der Waals surface area (Å²) in [7, 11) is 1.40. The van der Waals surface area contributed by atoms with Crippen molar-refractivity contribution in [1.82, 2.24) is 4.90 Å². The summed E-state index contributed by atoms with van der Waals surface area (Å²) in [6.07, 6.45) is 2.44. The lowest BCUT2D eigenvalue weighted by atomic mass is 9.93.